The van der Waals surface area contributed by atoms with Crippen LogP contribution in [0.3, 0.4) is 0 Å². The first-order valence-corrected chi connectivity index (χ1v) is 4.98. The molecule has 0 radical (unpaired) electrons. The Morgan fingerprint density at radius 2 is 2.46 bits per heavy atom. The molecule has 1 N–H and O–H groups in total. The summed E-state index contributed by atoms with van der Waals surface area (Å²) in [6.45, 7) is 3.46. The lowest BCUT2D eigenvalue weighted by molar-refractivity contribution is 0.314. The van der Waals surface area contributed by atoms with Gasteiger partial charge in [0.2, 0.25) is 0 Å². The summed E-state index contributed by atoms with van der Waals surface area (Å²) in [5.41, 5.74) is 1.31. The lowest BCUT2D eigenvalue weighted by Gasteiger charge is -2.28. The largest absolute Gasteiger partial charge is 0.309 e. The van der Waals surface area contributed by atoms with Gasteiger partial charge in [-0.05, 0) is 31.4 Å². The molecule has 0 aliphatic carbocycles. The molecule has 1 aromatic heterocycles. The predicted octanol–water partition coefficient (Wildman–Crippen LogP) is 1.48. The molecular weight excluding hydrogens is 162 g/mol. The zero-order valence-electron chi connectivity index (χ0n) is 8.33. The Morgan fingerprint density at radius 1 is 1.62 bits per heavy atom. The van der Waals surface area contributed by atoms with Gasteiger partial charge < -0.3 is 5.32 Å². The van der Waals surface area contributed by atoms with Crippen molar-refractivity contribution in [1.82, 2.24) is 15.1 Å². The highest BCUT2D eigenvalue weighted by Crippen LogP contribution is 2.25. The summed E-state index contributed by atoms with van der Waals surface area (Å²) in [7, 11) is 2.01. The highest BCUT2D eigenvalue weighted by molar-refractivity contribution is 5.07. The van der Waals surface area contributed by atoms with E-state index in [1.807, 2.05) is 17.9 Å². The molecule has 2 atom stereocenters. The Kier molecular flexibility index (Phi) is 2.36. The number of rotatable bonds is 1. The SMILES string of the molecule is CC1CCNC(c2ccnn2C)C1. The molecule has 2 rings (SSSR count). The number of piperidine rings is 1. The van der Waals surface area contributed by atoms with E-state index in [0.29, 0.717) is 6.04 Å². The maximum absolute atomic E-state index is 4.19. The topological polar surface area (TPSA) is 29.9 Å². The van der Waals surface area contributed by atoms with E-state index in [9.17, 15) is 0 Å². The van der Waals surface area contributed by atoms with Crippen molar-refractivity contribution in [2.24, 2.45) is 13.0 Å². The smallest absolute Gasteiger partial charge is 0.0550 e. The van der Waals surface area contributed by atoms with Gasteiger partial charge in [0.05, 0.1) is 5.69 Å². The van der Waals surface area contributed by atoms with E-state index >= 15 is 0 Å². The highest BCUT2D eigenvalue weighted by Gasteiger charge is 2.21. The monoisotopic (exact) mass is 179 g/mol. The molecule has 0 amide bonds. The van der Waals surface area contributed by atoms with Crippen molar-refractivity contribution in [3.05, 3.63) is 18.0 Å². The maximum atomic E-state index is 4.19. The molecule has 0 bridgehead atoms. The number of aromatic nitrogens is 2. The van der Waals surface area contributed by atoms with Gasteiger partial charge in [0.1, 0.15) is 0 Å². The van der Waals surface area contributed by atoms with Crippen LogP contribution in [0, 0.1) is 5.92 Å². The minimum atomic E-state index is 0.510. The van der Waals surface area contributed by atoms with Crippen LogP contribution in [-0.2, 0) is 7.05 Å². The predicted molar refractivity (Wildman–Crippen MR) is 52.3 cm³/mol. The van der Waals surface area contributed by atoms with Crippen molar-refractivity contribution in [2.45, 2.75) is 25.8 Å². The van der Waals surface area contributed by atoms with Gasteiger partial charge in [0.25, 0.3) is 0 Å². The lowest BCUT2D eigenvalue weighted by Crippen LogP contribution is -2.31. The van der Waals surface area contributed by atoms with Crippen LogP contribution in [0.4, 0.5) is 0 Å². The number of aryl methyl sites for hydroxylation is 1. The van der Waals surface area contributed by atoms with E-state index in [1.54, 1.807) is 0 Å². The van der Waals surface area contributed by atoms with E-state index in [4.69, 9.17) is 0 Å². The third-order valence-electron chi connectivity index (χ3n) is 2.88. The van der Waals surface area contributed by atoms with Crippen LogP contribution in [0.5, 0.6) is 0 Å². The summed E-state index contributed by atoms with van der Waals surface area (Å²) >= 11 is 0. The fourth-order valence-corrected chi connectivity index (χ4v) is 2.06. The second-order valence-corrected chi connectivity index (χ2v) is 4.02. The highest BCUT2D eigenvalue weighted by atomic mass is 15.3. The lowest BCUT2D eigenvalue weighted by atomic mass is 9.92. The van der Waals surface area contributed by atoms with Crippen molar-refractivity contribution in [3.63, 3.8) is 0 Å². The molecule has 1 fully saturated rings. The molecule has 13 heavy (non-hydrogen) atoms. The number of nitrogens with zero attached hydrogens (tertiary/aromatic N) is 2. The van der Waals surface area contributed by atoms with Gasteiger partial charge in [0, 0.05) is 19.3 Å². The zero-order valence-corrected chi connectivity index (χ0v) is 8.33. The molecule has 0 aromatic carbocycles. The molecule has 1 saturated heterocycles. The Labute approximate surface area is 79.1 Å². The quantitative estimate of drug-likeness (QED) is 0.707. The zero-order chi connectivity index (χ0) is 9.26. The molecule has 0 saturated carbocycles. The molecule has 72 valence electrons. The molecular formula is C10H17N3. The summed E-state index contributed by atoms with van der Waals surface area (Å²) in [5.74, 6) is 0.834. The van der Waals surface area contributed by atoms with Gasteiger partial charge in [-0.3, -0.25) is 4.68 Å². The second kappa shape index (κ2) is 3.50. The minimum absolute atomic E-state index is 0.510. The van der Waals surface area contributed by atoms with E-state index in [2.05, 4.69) is 23.4 Å². The van der Waals surface area contributed by atoms with Gasteiger partial charge in [-0.1, -0.05) is 6.92 Å². The van der Waals surface area contributed by atoms with Crippen LogP contribution in [0.2, 0.25) is 0 Å². The second-order valence-electron chi connectivity index (χ2n) is 4.02. The first-order valence-electron chi connectivity index (χ1n) is 4.98. The van der Waals surface area contributed by atoms with Gasteiger partial charge in [0.15, 0.2) is 0 Å². The van der Waals surface area contributed by atoms with Crippen LogP contribution in [0.25, 0.3) is 0 Å². The van der Waals surface area contributed by atoms with Gasteiger partial charge >= 0.3 is 0 Å². The number of hydrogen-bond acceptors (Lipinski definition) is 2. The van der Waals surface area contributed by atoms with E-state index < -0.39 is 0 Å². The van der Waals surface area contributed by atoms with E-state index in [0.717, 1.165) is 12.5 Å². The molecule has 1 aliphatic heterocycles. The average Bonchev–Trinajstić information content (AvgIpc) is 2.51. The van der Waals surface area contributed by atoms with Crippen LogP contribution in [0.1, 0.15) is 31.5 Å². The van der Waals surface area contributed by atoms with Gasteiger partial charge in [-0.25, -0.2) is 0 Å². The van der Waals surface area contributed by atoms with Crippen molar-refractivity contribution >= 4 is 0 Å². The van der Waals surface area contributed by atoms with E-state index in [1.165, 1.54) is 18.5 Å². The Balaban J connectivity index is 2.12. The summed E-state index contributed by atoms with van der Waals surface area (Å²) in [4.78, 5) is 0. The van der Waals surface area contributed by atoms with Crippen LogP contribution >= 0.6 is 0 Å². The Morgan fingerprint density at radius 3 is 3.08 bits per heavy atom. The third kappa shape index (κ3) is 1.75. The number of hydrogen-bond donors (Lipinski definition) is 1. The average molecular weight is 179 g/mol. The van der Waals surface area contributed by atoms with Gasteiger partial charge in [-0.2, -0.15) is 5.10 Å². The van der Waals surface area contributed by atoms with Crippen LogP contribution < -0.4 is 5.32 Å². The van der Waals surface area contributed by atoms with Crippen molar-refractivity contribution in [2.75, 3.05) is 6.54 Å². The molecule has 1 aliphatic rings. The first kappa shape index (κ1) is 8.75. The fraction of sp³-hybridized carbons (Fsp3) is 0.700. The molecule has 2 heterocycles. The Bertz CT molecular complexity index is 279. The Hall–Kier alpha value is -0.830. The number of nitrogens with one attached hydrogen (secondary N) is 1. The van der Waals surface area contributed by atoms with E-state index in [-0.39, 0.29) is 0 Å². The summed E-state index contributed by atoms with van der Waals surface area (Å²) in [6, 6.07) is 2.62. The fourth-order valence-electron chi connectivity index (χ4n) is 2.06. The maximum Gasteiger partial charge on any atom is 0.0550 e. The van der Waals surface area contributed by atoms with Crippen molar-refractivity contribution in [3.8, 4) is 0 Å². The molecule has 0 spiro atoms. The normalized spacial score (nSPS) is 29.1. The molecule has 2 unspecified atom stereocenters. The van der Waals surface area contributed by atoms with Crippen LogP contribution in [0.15, 0.2) is 12.3 Å². The third-order valence-corrected chi connectivity index (χ3v) is 2.88. The molecule has 1 aromatic rings. The van der Waals surface area contributed by atoms with Crippen LogP contribution in [-0.4, -0.2) is 16.3 Å². The summed E-state index contributed by atoms with van der Waals surface area (Å²) in [6.07, 6.45) is 4.41. The van der Waals surface area contributed by atoms with Crippen molar-refractivity contribution < 1.29 is 0 Å². The van der Waals surface area contributed by atoms with Gasteiger partial charge in [-0.15, -0.1) is 0 Å². The molecule has 3 heteroatoms. The summed E-state index contributed by atoms with van der Waals surface area (Å²) < 4.78 is 1.97. The van der Waals surface area contributed by atoms with Crippen molar-refractivity contribution in [1.29, 1.82) is 0 Å². The first-order chi connectivity index (χ1) is 6.27. The molecule has 3 nitrogen and oxygen atoms in total. The minimum Gasteiger partial charge on any atom is -0.309 e. The standard InChI is InChI=1S/C10H17N3/c1-8-3-5-11-9(7-8)10-4-6-12-13(10)2/h4,6,8-9,11H,3,5,7H2,1-2H3. The summed E-state index contributed by atoms with van der Waals surface area (Å²) in [5, 5.41) is 7.73.